The number of pyridine rings is 1. The molecule has 1 aromatic carbocycles. The molecule has 0 aliphatic carbocycles. The van der Waals surface area contributed by atoms with E-state index in [0.29, 0.717) is 17.9 Å². The van der Waals surface area contributed by atoms with Crippen LogP contribution in [0, 0.1) is 0 Å². The average molecular weight is 270 g/mol. The van der Waals surface area contributed by atoms with Gasteiger partial charge in [-0.15, -0.1) is 0 Å². The van der Waals surface area contributed by atoms with Crippen molar-refractivity contribution in [1.29, 1.82) is 0 Å². The molecule has 0 saturated carbocycles. The molecule has 0 N–H and O–H groups in total. The topological polar surface area (TPSA) is 47.2 Å². The third-order valence-corrected chi connectivity index (χ3v) is 2.83. The van der Waals surface area contributed by atoms with Crippen LogP contribution in [-0.4, -0.2) is 18.4 Å². The summed E-state index contributed by atoms with van der Waals surface area (Å²) >= 11 is 0. The van der Waals surface area contributed by atoms with Crippen molar-refractivity contribution in [2.75, 3.05) is 6.61 Å². The molecule has 0 amide bonds. The Morgan fingerprint density at radius 3 is 2.45 bits per heavy atom. The number of carbonyl (C=O) groups excluding carboxylic acids is 2. The first-order valence-electron chi connectivity index (χ1n) is 6.46. The smallest absolute Gasteiger partial charge is 0.403 e. The maximum atomic E-state index is 12.2. The van der Waals surface area contributed by atoms with E-state index in [2.05, 4.69) is 0 Å². The van der Waals surface area contributed by atoms with Crippen LogP contribution in [0.4, 0.5) is 0 Å². The van der Waals surface area contributed by atoms with Crippen molar-refractivity contribution in [1.82, 2.24) is 0 Å². The van der Waals surface area contributed by atoms with Crippen molar-refractivity contribution >= 4 is 11.8 Å². The number of aromatic nitrogens is 1. The molecule has 0 unspecified atom stereocenters. The molecule has 4 nitrogen and oxygen atoms in total. The fourth-order valence-corrected chi connectivity index (χ4v) is 1.87. The fraction of sp³-hybridized carbons (Fsp3) is 0.188. The van der Waals surface area contributed by atoms with Gasteiger partial charge in [0.05, 0.1) is 6.61 Å². The van der Waals surface area contributed by atoms with Gasteiger partial charge in [-0.05, 0) is 13.0 Å². The molecule has 102 valence electrons. The van der Waals surface area contributed by atoms with Gasteiger partial charge in [-0.3, -0.25) is 4.79 Å². The van der Waals surface area contributed by atoms with Crippen molar-refractivity contribution in [2.24, 2.45) is 0 Å². The summed E-state index contributed by atoms with van der Waals surface area (Å²) in [5.74, 6) is -0.471. The highest BCUT2D eigenvalue weighted by Gasteiger charge is 2.22. The Bertz CT molecular complexity index is 608. The lowest BCUT2D eigenvalue weighted by atomic mass is 10.1. The van der Waals surface area contributed by atoms with Gasteiger partial charge >= 0.3 is 5.97 Å². The van der Waals surface area contributed by atoms with Crippen molar-refractivity contribution in [3.63, 3.8) is 0 Å². The second-order valence-electron chi connectivity index (χ2n) is 4.22. The van der Waals surface area contributed by atoms with Crippen molar-refractivity contribution in [3.05, 3.63) is 66.0 Å². The Labute approximate surface area is 117 Å². The highest BCUT2D eigenvalue weighted by molar-refractivity contribution is 5.95. The molecule has 0 atom stereocenters. The second kappa shape index (κ2) is 6.61. The summed E-state index contributed by atoms with van der Waals surface area (Å²) in [6.45, 7) is 2.17. The molecule has 20 heavy (non-hydrogen) atoms. The normalized spacial score (nSPS) is 10.1. The molecule has 0 saturated heterocycles. The highest BCUT2D eigenvalue weighted by atomic mass is 16.5. The molecule has 1 heterocycles. The standard InChI is InChI=1S/C16H16NO3/c1-2-20-16(19)14-10-6-7-11-17(14)12-15(18)13-8-4-3-5-9-13/h3-11H,2,12H2,1H3/q+1. The summed E-state index contributed by atoms with van der Waals surface area (Å²) in [5, 5.41) is 0. The molecular weight excluding hydrogens is 254 g/mol. The SMILES string of the molecule is CCOC(=O)c1cccc[n+]1CC(=O)c1ccccc1. The number of hydrogen-bond acceptors (Lipinski definition) is 3. The molecule has 0 radical (unpaired) electrons. The number of hydrogen-bond donors (Lipinski definition) is 0. The van der Waals surface area contributed by atoms with Crippen LogP contribution < -0.4 is 4.57 Å². The van der Waals surface area contributed by atoms with Gasteiger partial charge in [0.1, 0.15) is 0 Å². The second-order valence-corrected chi connectivity index (χ2v) is 4.22. The monoisotopic (exact) mass is 270 g/mol. The Morgan fingerprint density at radius 2 is 1.75 bits per heavy atom. The Morgan fingerprint density at radius 1 is 1.05 bits per heavy atom. The fourth-order valence-electron chi connectivity index (χ4n) is 1.87. The Hall–Kier alpha value is -2.49. The number of ether oxygens (including phenoxy) is 1. The van der Waals surface area contributed by atoms with Crippen LogP contribution in [-0.2, 0) is 11.3 Å². The van der Waals surface area contributed by atoms with Crippen molar-refractivity contribution in [2.45, 2.75) is 13.5 Å². The Kier molecular flexibility index (Phi) is 4.60. The van der Waals surface area contributed by atoms with E-state index in [-0.39, 0.29) is 12.3 Å². The van der Waals surface area contributed by atoms with Gasteiger partial charge in [0, 0.05) is 17.7 Å². The molecule has 2 aromatic rings. The summed E-state index contributed by atoms with van der Waals surface area (Å²) in [6.07, 6.45) is 1.70. The van der Waals surface area contributed by atoms with E-state index in [1.165, 1.54) is 0 Å². The van der Waals surface area contributed by atoms with E-state index in [0.717, 1.165) is 0 Å². The molecular formula is C16H16NO3+. The number of ketones is 1. The van der Waals surface area contributed by atoms with Crippen LogP contribution >= 0.6 is 0 Å². The predicted molar refractivity (Wildman–Crippen MR) is 73.4 cm³/mol. The van der Waals surface area contributed by atoms with E-state index in [9.17, 15) is 9.59 Å². The first-order chi connectivity index (χ1) is 9.72. The average Bonchev–Trinajstić information content (AvgIpc) is 2.49. The zero-order valence-electron chi connectivity index (χ0n) is 11.3. The van der Waals surface area contributed by atoms with Crippen LogP contribution in [0.3, 0.4) is 0 Å². The number of rotatable bonds is 5. The van der Waals surface area contributed by atoms with Gasteiger partial charge in [0.25, 0.3) is 5.69 Å². The lowest BCUT2D eigenvalue weighted by Crippen LogP contribution is -2.43. The molecule has 0 aliphatic heterocycles. The molecule has 4 heteroatoms. The number of carbonyl (C=O) groups is 2. The van der Waals surface area contributed by atoms with Crippen molar-refractivity contribution < 1.29 is 18.9 Å². The highest BCUT2D eigenvalue weighted by Crippen LogP contribution is 2.01. The van der Waals surface area contributed by atoms with Gasteiger partial charge in [0.2, 0.25) is 12.3 Å². The molecule has 1 aromatic heterocycles. The molecule has 0 spiro atoms. The first kappa shape index (κ1) is 13.9. The van der Waals surface area contributed by atoms with Crippen LogP contribution in [0.1, 0.15) is 27.8 Å². The van der Waals surface area contributed by atoms with Gasteiger partial charge < -0.3 is 4.74 Å². The predicted octanol–water partition coefficient (Wildman–Crippen LogP) is 2.03. The van der Waals surface area contributed by atoms with E-state index in [1.54, 1.807) is 48.0 Å². The minimum atomic E-state index is -0.422. The van der Waals surface area contributed by atoms with Gasteiger partial charge in [0.15, 0.2) is 6.20 Å². The zero-order chi connectivity index (χ0) is 14.4. The summed E-state index contributed by atoms with van der Waals surface area (Å²) < 4.78 is 6.59. The van der Waals surface area contributed by atoms with E-state index >= 15 is 0 Å². The molecule has 0 fully saturated rings. The third kappa shape index (κ3) is 3.29. The van der Waals surface area contributed by atoms with E-state index in [4.69, 9.17) is 4.74 Å². The quantitative estimate of drug-likeness (QED) is 0.474. The Balaban J connectivity index is 2.21. The third-order valence-electron chi connectivity index (χ3n) is 2.83. The van der Waals surface area contributed by atoms with E-state index in [1.807, 2.05) is 18.2 Å². The van der Waals surface area contributed by atoms with Crippen LogP contribution in [0.2, 0.25) is 0 Å². The van der Waals surface area contributed by atoms with E-state index < -0.39 is 5.97 Å². The van der Waals surface area contributed by atoms with Crippen LogP contribution in [0.15, 0.2) is 54.7 Å². The number of nitrogens with zero attached hydrogens (tertiary/aromatic N) is 1. The summed E-state index contributed by atoms with van der Waals surface area (Å²) in [6, 6.07) is 14.2. The number of benzene rings is 1. The van der Waals surface area contributed by atoms with Gasteiger partial charge in [-0.1, -0.05) is 30.3 Å². The summed E-state index contributed by atoms with van der Waals surface area (Å²) in [7, 11) is 0. The molecule has 0 aliphatic rings. The minimum Gasteiger partial charge on any atom is -0.458 e. The molecule has 0 bridgehead atoms. The first-order valence-corrected chi connectivity index (χ1v) is 6.46. The number of esters is 1. The zero-order valence-corrected chi connectivity index (χ0v) is 11.3. The minimum absolute atomic E-state index is 0.0488. The maximum absolute atomic E-state index is 12.2. The van der Waals surface area contributed by atoms with Crippen LogP contribution in [0.25, 0.3) is 0 Å². The maximum Gasteiger partial charge on any atom is 0.403 e. The van der Waals surface area contributed by atoms with Gasteiger partial charge in [-0.25, -0.2) is 4.79 Å². The number of Topliss-reactive ketones (excluding diaryl/α,β-unsaturated/α-hetero) is 1. The van der Waals surface area contributed by atoms with Crippen LogP contribution in [0.5, 0.6) is 0 Å². The van der Waals surface area contributed by atoms with Crippen molar-refractivity contribution in [3.8, 4) is 0 Å². The summed E-state index contributed by atoms with van der Waals surface area (Å²) in [5.41, 5.74) is 0.997. The molecule has 2 rings (SSSR count). The summed E-state index contributed by atoms with van der Waals surface area (Å²) in [4.78, 5) is 24.0. The lowest BCUT2D eigenvalue weighted by molar-refractivity contribution is -0.685. The lowest BCUT2D eigenvalue weighted by Gasteiger charge is -2.03. The largest absolute Gasteiger partial charge is 0.458 e. The van der Waals surface area contributed by atoms with Gasteiger partial charge in [-0.2, -0.15) is 4.57 Å².